The summed E-state index contributed by atoms with van der Waals surface area (Å²) in [7, 11) is 0. The Hall–Kier alpha value is -4.77. The maximum absolute atomic E-state index is 13.6. The summed E-state index contributed by atoms with van der Waals surface area (Å²) in [5.74, 6) is -6.76. The lowest BCUT2D eigenvalue weighted by Gasteiger charge is -2.27. The zero-order valence-electron chi connectivity index (χ0n) is 29.7. The van der Waals surface area contributed by atoms with Crippen molar-refractivity contribution in [3.8, 4) is 0 Å². The quantitative estimate of drug-likeness (QED) is 0.0441. The van der Waals surface area contributed by atoms with E-state index in [4.69, 9.17) is 28.7 Å². The Balaban J connectivity index is 3.19. The van der Waals surface area contributed by atoms with Gasteiger partial charge in [-0.15, -0.1) is 0 Å². The summed E-state index contributed by atoms with van der Waals surface area (Å²) in [5, 5.41) is 43.4. The van der Waals surface area contributed by atoms with Crippen LogP contribution in [0.2, 0.25) is 0 Å². The van der Waals surface area contributed by atoms with Crippen molar-refractivity contribution >= 4 is 41.4 Å². The van der Waals surface area contributed by atoms with Crippen molar-refractivity contribution in [1.29, 1.82) is 0 Å². The molecule has 0 aliphatic heterocycles. The Morgan fingerprint density at radius 3 is 1.38 bits per heavy atom. The highest BCUT2D eigenvalue weighted by molar-refractivity contribution is 5.97. The average molecular weight is 754 g/mol. The Morgan fingerprint density at radius 1 is 0.585 bits per heavy atom. The largest absolute Gasteiger partial charge is 0.480 e. The second-order valence-electron chi connectivity index (χ2n) is 12.2. The van der Waals surface area contributed by atoms with E-state index in [9.17, 15) is 48.9 Å². The van der Waals surface area contributed by atoms with Gasteiger partial charge in [0.15, 0.2) is 6.04 Å². The van der Waals surface area contributed by atoms with E-state index in [1.54, 1.807) is 30.3 Å². The summed E-state index contributed by atoms with van der Waals surface area (Å²) < 4.78 is 0. The molecule has 0 saturated heterocycles. The number of carboxylic acid groups (broad SMARTS) is 1. The van der Waals surface area contributed by atoms with Crippen molar-refractivity contribution in [2.75, 3.05) is 32.8 Å². The molecule has 0 fully saturated rings. The van der Waals surface area contributed by atoms with Crippen molar-refractivity contribution < 1.29 is 48.9 Å². The predicted octanol–water partition coefficient (Wildman–Crippen LogP) is -6.68. The third kappa shape index (κ3) is 16.2. The van der Waals surface area contributed by atoms with Gasteiger partial charge in [0.1, 0.15) is 30.2 Å². The molecule has 21 heteroatoms. The van der Waals surface area contributed by atoms with Crippen molar-refractivity contribution in [2.24, 2.45) is 28.7 Å². The molecule has 21 nitrogen and oxygen atoms in total. The van der Waals surface area contributed by atoms with Crippen LogP contribution in [-0.4, -0.2) is 138 Å². The van der Waals surface area contributed by atoms with E-state index in [0.29, 0.717) is 5.56 Å². The molecule has 0 aliphatic rings. The molecule has 0 aromatic heterocycles. The topological polar surface area (TPSA) is 382 Å². The first kappa shape index (κ1) is 46.3. The fourth-order valence-corrected chi connectivity index (χ4v) is 4.88. The lowest BCUT2D eigenvalue weighted by atomic mass is 10.0. The SMILES string of the molecule is C[C@@H](O)[C@H](NC(=O)[C@H](CCN)NC(=O)[C@H](CCN)NC(=O)[C@H](CO)NC(=O)[C@@H](Cc1ccccc1)NC(=O)[C@H](CCN)NC(=O)[C@@H](N)CCN)C(=O)O. The molecular weight excluding hydrogens is 698 g/mol. The number of carbonyl (C=O) groups is 7. The van der Waals surface area contributed by atoms with Crippen LogP contribution in [0.3, 0.4) is 0 Å². The number of amides is 6. The van der Waals surface area contributed by atoms with E-state index in [-0.39, 0.29) is 58.3 Å². The van der Waals surface area contributed by atoms with Crippen molar-refractivity contribution in [3.05, 3.63) is 35.9 Å². The summed E-state index contributed by atoms with van der Waals surface area (Å²) in [6.45, 7) is 0.0844. The molecule has 8 atom stereocenters. The molecule has 0 spiro atoms. The van der Waals surface area contributed by atoms with E-state index in [2.05, 4.69) is 31.9 Å². The number of nitrogens with two attached hydrogens (primary N) is 5. The third-order valence-electron chi connectivity index (χ3n) is 7.86. The molecule has 0 heterocycles. The normalized spacial score (nSPS) is 15.5. The van der Waals surface area contributed by atoms with Gasteiger partial charge in [-0.05, 0) is 64.3 Å². The summed E-state index contributed by atoms with van der Waals surface area (Å²) in [4.78, 5) is 90.3. The number of hydrogen-bond donors (Lipinski definition) is 14. The number of hydrogen-bond acceptors (Lipinski definition) is 14. The Labute approximate surface area is 306 Å². The van der Waals surface area contributed by atoms with Gasteiger partial charge in [-0.2, -0.15) is 0 Å². The molecule has 0 bridgehead atoms. The van der Waals surface area contributed by atoms with Crippen LogP contribution in [0.25, 0.3) is 0 Å². The third-order valence-corrected chi connectivity index (χ3v) is 7.86. The molecular formula is C32H55N11O10. The summed E-state index contributed by atoms with van der Waals surface area (Å²) >= 11 is 0. The minimum absolute atomic E-state index is 0.00659. The zero-order chi connectivity index (χ0) is 40.1. The molecule has 1 aromatic rings. The van der Waals surface area contributed by atoms with E-state index in [1.807, 2.05) is 0 Å². The van der Waals surface area contributed by atoms with Crippen molar-refractivity contribution in [3.63, 3.8) is 0 Å². The lowest BCUT2D eigenvalue weighted by molar-refractivity contribution is -0.145. The van der Waals surface area contributed by atoms with Crippen LogP contribution in [0.5, 0.6) is 0 Å². The van der Waals surface area contributed by atoms with Gasteiger partial charge in [-0.1, -0.05) is 30.3 Å². The average Bonchev–Trinajstić information content (AvgIpc) is 3.11. The minimum atomic E-state index is -1.69. The number of carbonyl (C=O) groups excluding carboxylic acids is 6. The van der Waals surface area contributed by atoms with Gasteiger partial charge < -0.3 is 75.9 Å². The number of aliphatic hydroxyl groups excluding tert-OH is 2. The number of nitrogens with one attached hydrogen (secondary N) is 6. The van der Waals surface area contributed by atoms with Gasteiger partial charge >= 0.3 is 5.97 Å². The molecule has 0 saturated carbocycles. The monoisotopic (exact) mass is 753 g/mol. The molecule has 53 heavy (non-hydrogen) atoms. The van der Waals surface area contributed by atoms with Crippen LogP contribution in [0.1, 0.15) is 38.2 Å². The van der Waals surface area contributed by atoms with Gasteiger partial charge in [-0.25, -0.2) is 4.79 Å². The van der Waals surface area contributed by atoms with Gasteiger partial charge in [0.05, 0.1) is 18.8 Å². The number of rotatable bonds is 25. The van der Waals surface area contributed by atoms with Crippen LogP contribution < -0.4 is 60.6 Å². The molecule has 0 aliphatic carbocycles. The first-order chi connectivity index (χ1) is 25.1. The highest BCUT2D eigenvalue weighted by Crippen LogP contribution is 2.07. The van der Waals surface area contributed by atoms with E-state index in [0.717, 1.165) is 6.92 Å². The van der Waals surface area contributed by atoms with Crippen LogP contribution in [0, 0.1) is 0 Å². The fraction of sp³-hybridized carbons (Fsp3) is 0.594. The predicted molar refractivity (Wildman–Crippen MR) is 191 cm³/mol. The fourth-order valence-electron chi connectivity index (χ4n) is 4.88. The number of aliphatic hydroxyl groups is 2. The zero-order valence-corrected chi connectivity index (χ0v) is 29.7. The standard InChI is InChI=1S/C32H55N11O10/c1-17(45)25(32(52)53)43-29(49)22(10-14-36)39-27(47)21(9-13-35)40-31(51)24(16-44)42-30(50)23(15-18-5-3-2-4-6-18)41-28(48)20(8-12-34)38-26(46)19(37)7-11-33/h2-6,17,19-25,44-45H,7-16,33-37H2,1H3,(H,38,46)(H,39,47)(H,40,51)(H,41,48)(H,42,50)(H,43,49)(H,52,53)/t17-,19+,20+,21+,22+,23-,24+,25+/m1/s1. The first-order valence-electron chi connectivity index (χ1n) is 17.1. The Kier molecular flexibility index (Phi) is 21.4. The molecule has 0 unspecified atom stereocenters. The lowest BCUT2D eigenvalue weighted by Crippen LogP contribution is -2.61. The van der Waals surface area contributed by atoms with Gasteiger partial charge in [0.25, 0.3) is 0 Å². The van der Waals surface area contributed by atoms with Crippen LogP contribution in [0.4, 0.5) is 0 Å². The Morgan fingerprint density at radius 2 is 0.962 bits per heavy atom. The second-order valence-corrected chi connectivity index (χ2v) is 12.2. The van der Waals surface area contributed by atoms with Gasteiger partial charge in [-0.3, -0.25) is 28.8 Å². The number of benzene rings is 1. The van der Waals surface area contributed by atoms with Gasteiger partial charge in [0, 0.05) is 6.42 Å². The van der Waals surface area contributed by atoms with Crippen LogP contribution >= 0.6 is 0 Å². The van der Waals surface area contributed by atoms with E-state index in [1.165, 1.54) is 0 Å². The molecule has 6 amide bonds. The van der Waals surface area contributed by atoms with Gasteiger partial charge in [0.2, 0.25) is 35.4 Å². The number of carboxylic acids is 1. The van der Waals surface area contributed by atoms with Crippen LogP contribution in [0.15, 0.2) is 30.3 Å². The van der Waals surface area contributed by atoms with Crippen molar-refractivity contribution in [2.45, 2.75) is 87.4 Å². The highest BCUT2D eigenvalue weighted by atomic mass is 16.4. The van der Waals surface area contributed by atoms with Crippen molar-refractivity contribution in [1.82, 2.24) is 31.9 Å². The maximum atomic E-state index is 13.6. The van der Waals surface area contributed by atoms with Crippen LogP contribution in [-0.2, 0) is 40.0 Å². The minimum Gasteiger partial charge on any atom is -0.480 e. The highest BCUT2D eigenvalue weighted by Gasteiger charge is 2.34. The summed E-state index contributed by atoms with van der Waals surface area (Å²) in [6, 6.07) is -1.09. The second kappa shape index (κ2) is 24.5. The number of aliphatic carboxylic acids is 1. The molecule has 1 aromatic carbocycles. The van der Waals surface area contributed by atoms with E-state index < -0.39 is 96.4 Å². The molecule has 298 valence electrons. The van der Waals surface area contributed by atoms with E-state index >= 15 is 0 Å². The molecule has 1 rings (SSSR count). The summed E-state index contributed by atoms with van der Waals surface area (Å²) in [6.07, 6.45) is -1.71. The smallest absolute Gasteiger partial charge is 0.328 e. The Bertz CT molecular complexity index is 1350. The molecule has 19 N–H and O–H groups in total. The molecule has 0 radical (unpaired) electrons. The maximum Gasteiger partial charge on any atom is 0.328 e. The first-order valence-corrected chi connectivity index (χ1v) is 17.1. The summed E-state index contributed by atoms with van der Waals surface area (Å²) in [5.41, 5.74) is 28.8.